The van der Waals surface area contributed by atoms with Crippen molar-refractivity contribution in [2.75, 3.05) is 12.4 Å². The van der Waals surface area contributed by atoms with Crippen LogP contribution in [0.2, 0.25) is 0 Å². The standard InChI is InChI=1S/C14H19N3O/c1-4-17-10-12(9-15-17)11(2)16-13-5-7-14(18-3)8-6-13/h5-11,16H,4H2,1-3H3. The highest BCUT2D eigenvalue weighted by atomic mass is 16.5. The van der Waals surface area contributed by atoms with Crippen LogP contribution in [0.5, 0.6) is 5.75 Å². The third-order valence-electron chi connectivity index (χ3n) is 2.95. The second kappa shape index (κ2) is 5.58. The largest absolute Gasteiger partial charge is 0.497 e. The van der Waals surface area contributed by atoms with E-state index in [0.29, 0.717) is 0 Å². The Morgan fingerprint density at radius 3 is 2.61 bits per heavy atom. The Morgan fingerprint density at radius 2 is 2.06 bits per heavy atom. The molecule has 0 radical (unpaired) electrons. The van der Waals surface area contributed by atoms with Gasteiger partial charge in [-0.2, -0.15) is 5.10 Å². The summed E-state index contributed by atoms with van der Waals surface area (Å²) in [6, 6.07) is 8.16. The molecule has 0 saturated heterocycles. The second-order valence-electron chi connectivity index (χ2n) is 4.22. The van der Waals surface area contributed by atoms with Crippen molar-refractivity contribution in [3.63, 3.8) is 0 Å². The Bertz CT molecular complexity index is 490. The summed E-state index contributed by atoms with van der Waals surface area (Å²) in [4.78, 5) is 0. The maximum absolute atomic E-state index is 5.14. The summed E-state index contributed by atoms with van der Waals surface area (Å²) in [5, 5.41) is 7.72. The van der Waals surface area contributed by atoms with Crippen molar-refractivity contribution in [2.45, 2.75) is 26.4 Å². The monoisotopic (exact) mass is 245 g/mol. The Labute approximate surface area is 108 Å². The molecule has 1 unspecified atom stereocenters. The number of nitrogens with zero attached hydrogens (tertiary/aromatic N) is 2. The van der Waals surface area contributed by atoms with E-state index in [4.69, 9.17) is 4.74 Å². The minimum Gasteiger partial charge on any atom is -0.497 e. The van der Waals surface area contributed by atoms with Gasteiger partial charge in [-0.25, -0.2) is 0 Å². The van der Waals surface area contributed by atoms with E-state index in [0.717, 1.165) is 18.0 Å². The van der Waals surface area contributed by atoms with Gasteiger partial charge in [-0.1, -0.05) is 0 Å². The van der Waals surface area contributed by atoms with Gasteiger partial charge in [0.05, 0.1) is 19.3 Å². The third kappa shape index (κ3) is 2.83. The zero-order chi connectivity index (χ0) is 13.0. The lowest BCUT2D eigenvalue weighted by atomic mass is 10.2. The summed E-state index contributed by atoms with van der Waals surface area (Å²) < 4.78 is 7.07. The summed E-state index contributed by atoms with van der Waals surface area (Å²) >= 11 is 0. The number of aryl methyl sites for hydroxylation is 1. The van der Waals surface area contributed by atoms with Crippen LogP contribution in [0.15, 0.2) is 36.7 Å². The van der Waals surface area contributed by atoms with E-state index >= 15 is 0 Å². The molecule has 4 nitrogen and oxygen atoms in total. The Kier molecular flexibility index (Phi) is 3.87. The van der Waals surface area contributed by atoms with Crippen LogP contribution in [-0.2, 0) is 6.54 Å². The van der Waals surface area contributed by atoms with E-state index in [-0.39, 0.29) is 6.04 Å². The molecule has 0 fully saturated rings. The fourth-order valence-corrected chi connectivity index (χ4v) is 1.80. The predicted molar refractivity (Wildman–Crippen MR) is 72.9 cm³/mol. The van der Waals surface area contributed by atoms with Gasteiger partial charge in [0.15, 0.2) is 0 Å². The number of aromatic nitrogens is 2. The number of hydrogen-bond donors (Lipinski definition) is 1. The molecule has 0 saturated carbocycles. The minimum atomic E-state index is 0.235. The smallest absolute Gasteiger partial charge is 0.119 e. The van der Waals surface area contributed by atoms with Crippen LogP contribution in [-0.4, -0.2) is 16.9 Å². The Morgan fingerprint density at radius 1 is 1.33 bits per heavy atom. The molecule has 0 spiro atoms. The molecule has 18 heavy (non-hydrogen) atoms. The molecule has 1 heterocycles. The maximum Gasteiger partial charge on any atom is 0.119 e. The van der Waals surface area contributed by atoms with Crippen molar-refractivity contribution in [3.05, 3.63) is 42.2 Å². The van der Waals surface area contributed by atoms with E-state index in [1.807, 2.05) is 35.1 Å². The minimum absolute atomic E-state index is 0.235. The molecular formula is C14H19N3O. The van der Waals surface area contributed by atoms with Crippen LogP contribution >= 0.6 is 0 Å². The molecule has 0 aliphatic carbocycles. The number of nitrogens with one attached hydrogen (secondary N) is 1. The molecule has 96 valence electrons. The maximum atomic E-state index is 5.14. The van der Waals surface area contributed by atoms with Crippen LogP contribution in [0.4, 0.5) is 5.69 Å². The first kappa shape index (κ1) is 12.5. The van der Waals surface area contributed by atoms with E-state index < -0.39 is 0 Å². The number of methoxy groups -OCH3 is 1. The van der Waals surface area contributed by atoms with Crippen molar-refractivity contribution < 1.29 is 4.74 Å². The number of anilines is 1. The molecule has 0 aliphatic rings. The van der Waals surface area contributed by atoms with Crippen molar-refractivity contribution >= 4 is 5.69 Å². The lowest BCUT2D eigenvalue weighted by Crippen LogP contribution is -2.05. The number of ether oxygens (including phenoxy) is 1. The number of rotatable bonds is 5. The van der Waals surface area contributed by atoms with Crippen LogP contribution in [0.1, 0.15) is 25.5 Å². The van der Waals surface area contributed by atoms with E-state index in [9.17, 15) is 0 Å². The lowest BCUT2D eigenvalue weighted by molar-refractivity contribution is 0.415. The predicted octanol–water partition coefficient (Wildman–Crippen LogP) is 3.08. The Hall–Kier alpha value is -1.97. The molecule has 2 aromatic rings. The van der Waals surface area contributed by atoms with Crippen LogP contribution < -0.4 is 10.1 Å². The molecule has 2 rings (SSSR count). The summed E-state index contributed by atoms with van der Waals surface area (Å²) in [5.74, 6) is 0.868. The summed E-state index contributed by atoms with van der Waals surface area (Å²) in [7, 11) is 1.67. The van der Waals surface area contributed by atoms with Crippen LogP contribution in [0.25, 0.3) is 0 Å². The van der Waals surface area contributed by atoms with Gasteiger partial charge in [0.25, 0.3) is 0 Å². The fraction of sp³-hybridized carbons (Fsp3) is 0.357. The first-order chi connectivity index (χ1) is 8.72. The topological polar surface area (TPSA) is 39.1 Å². The molecule has 0 amide bonds. The van der Waals surface area contributed by atoms with Gasteiger partial charge >= 0.3 is 0 Å². The van der Waals surface area contributed by atoms with Crippen molar-refractivity contribution in [2.24, 2.45) is 0 Å². The van der Waals surface area contributed by atoms with E-state index in [1.165, 1.54) is 5.56 Å². The first-order valence-corrected chi connectivity index (χ1v) is 6.16. The lowest BCUT2D eigenvalue weighted by Gasteiger charge is -2.13. The summed E-state index contributed by atoms with van der Waals surface area (Å²) in [6.07, 6.45) is 3.98. The number of benzene rings is 1. The van der Waals surface area contributed by atoms with Gasteiger partial charge in [-0.15, -0.1) is 0 Å². The molecule has 1 aromatic carbocycles. The highest BCUT2D eigenvalue weighted by Gasteiger charge is 2.07. The highest BCUT2D eigenvalue weighted by molar-refractivity contribution is 5.47. The van der Waals surface area contributed by atoms with Gasteiger partial charge < -0.3 is 10.1 Å². The Balaban J connectivity index is 2.03. The van der Waals surface area contributed by atoms with E-state index in [1.54, 1.807) is 7.11 Å². The van der Waals surface area contributed by atoms with Crippen molar-refractivity contribution in [3.8, 4) is 5.75 Å². The molecule has 4 heteroatoms. The van der Waals surface area contributed by atoms with Crippen molar-refractivity contribution in [1.29, 1.82) is 0 Å². The van der Waals surface area contributed by atoms with Gasteiger partial charge in [-0.05, 0) is 38.1 Å². The average molecular weight is 245 g/mol. The van der Waals surface area contributed by atoms with Crippen LogP contribution in [0.3, 0.4) is 0 Å². The summed E-state index contributed by atoms with van der Waals surface area (Å²) in [5.41, 5.74) is 2.26. The van der Waals surface area contributed by atoms with Gasteiger partial charge in [0.2, 0.25) is 0 Å². The molecule has 1 N–H and O–H groups in total. The van der Waals surface area contributed by atoms with Crippen molar-refractivity contribution in [1.82, 2.24) is 9.78 Å². The molecule has 0 bridgehead atoms. The molecule has 0 aliphatic heterocycles. The zero-order valence-corrected chi connectivity index (χ0v) is 11.1. The second-order valence-corrected chi connectivity index (χ2v) is 4.22. The zero-order valence-electron chi connectivity index (χ0n) is 11.1. The first-order valence-electron chi connectivity index (χ1n) is 6.16. The summed E-state index contributed by atoms with van der Waals surface area (Å²) in [6.45, 7) is 5.11. The molecular weight excluding hydrogens is 226 g/mol. The highest BCUT2D eigenvalue weighted by Crippen LogP contribution is 2.21. The normalized spacial score (nSPS) is 12.2. The van der Waals surface area contributed by atoms with Crippen LogP contribution in [0, 0.1) is 0 Å². The fourth-order valence-electron chi connectivity index (χ4n) is 1.80. The SMILES string of the molecule is CCn1cc(C(C)Nc2ccc(OC)cc2)cn1. The molecule has 1 atom stereocenters. The quantitative estimate of drug-likeness (QED) is 0.879. The van der Waals surface area contributed by atoms with Gasteiger partial charge in [0, 0.05) is 24.0 Å². The van der Waals surface area contributed by atoms with Gasteiger partial charge in [-0.3, -0.25) is 4.68 Å². The molecule has 1 aromatic heterocycles. The van der Waals surface area contributed by atoms with Gasteiger partial charge in [0.1, 0.15) is 5.75 Å². The van der Waals surface area contributed by atoms with E-state index in [2.05, 4.69) is 30.5 Å². The third-order valence-corrected chi connectivity index (χ3v) is 2.95. The average Bonchev–Trinajstić information content (AvgIpc) is 2.88. The number of hydrogen-bond acceptors (Lipinski definition) is 3.